The van der Waals surface area contributed by atoms with Crippen molar-refractivity contribution in [3.05, 3.63) is 27.9 Å². The van der Waals surface area contributed by atoms with Crippen molar-refractivity contribution in [3.8, 4) is 0 Å². The average Bonchev–Trinajstić information content (AvgIpc) is 2.60. The Bertz CT molecular complexity index is 498. The third-order valence-corrected chi connectivity index (χ3v) is 20.2. The summed E-state index contributed by atoms with van der Waals surface area (Å²) in [6.45, 7) is 8.76. The van der Waals surface area contributed by atoms with Crippen molar-refractivity contribution in [1.82, 2.24) is 4.98 Å². The van der Waals surface area contributed by atoms with E-state index in [4.69, 9.17) is 4.98 Å². The number of rotatable bonds is 12. The van der Waals surface area contributed by atoms with Gasteiger partial charge >= 0.3 is 152 Å². The second-order valence-electron chi connectivity index (χ2n) is 6.86. The van der Waals surface area contributed by atoms with Crippen molar-refractivity contribution in [2.24, 2.45) is 0 Å². The second-order valence-corrected chi connectivity index (χ2v) is 19.9. The molecule has 0 unspecified atom stereocenters. The molecule has 0 aliphatic rings. The molecule has 0 aliphatic carbocycles. The zero-order valence-electron chi connectivity index (χ0n) is 15.9. The van der Waals surface area contributed by atoms with Gasteiger partial charge in [-0.15, -0.1) is 0 Å². The zero-order chi connectivity index (χ0) is 18.0. The molecule has 1 heterocycles. The Morgan fingerprint density at radius 1 is 0.958 bits per heavy atom. The van der Waals surface area contributed by atoms with E-state index >= 15 is 0 Å². The van der Waals surface area contributed by atoms with Crippen LogP contribution in [0.25, 0.3) is 0 Å². The molecular formula is C19H34N2O2Sn. The van der Waals surface area contributed by atoms with Crippen LogP contribution in [0.1, 0.15) is 71.9 Å². The Hall–Kier alpha value is -0.651. The molecule has 1 aromatic heterocycles. The predicted molar refractivity (Wildman–Crippen MR) is 105 cm³/mol. The van der Waals surface area contributed by atoms with Gasteiger partial charge in [-0.1, -0.05) is 0 Å². The average molecular weight is 441 g/mol. The van der Waals surface area contributed by atoms with Gasteiger partial charge in [0.05, 0.1) is 0 Å². The quantitative estimate of drug-likeness (QED) is 0.241. The van der Waals surface area contributed by atoms with E-state index < -0.39 is 18.4 Å². The maximum atomic E-state index is 11.2. The summed E-state index contributed by atoms with van der Waals surface area (Å²) >= 11 is -2.57. The summed E-state index contributed by atoms with van der Waals surface area (Å²) in [5.41, 5.74) is 0.881. The summed E-state index contributed by atoms with van der Waals surface area (Å²) in [6.07, 6.45) is 8.16. The number of nitrogens with zero attached hydrogens (tertiary/aromatic N) is 2. The summed E-state index contributed by atoms with van der Waals surface area (Å²) in [4.78, 5) is 15.9. The maximum absolute atomic E-state index is 11.2. The molecule has 0 spiro atoms. The molecule has 0 aromatic carbocycles. The Morgan fingerprint density at radius 3 is 1.83 bits per heavy atom. The molecule has 0 amide bonds. The Labute approximate surface area is 151 Å². The van der Waals surface area contributed by atoms with Gasteiger partial charge in [0.15, 0.2) is 0 Å². The summed E-state index contributed by atoms with van der Waals surface area (Å²) in [5, 5.41) is 11.2. The fourth-order valence-corrected chi connectivity index (χ4v) is 19.0. The Morgan fingerprint density at radius 2 is 1.46 bits per heavy atom. The van der Waals surface area contributed by atoms with Crippen LogP contribution in [0.15, 0.2) is 12.1 Å². The molecule has 24 heavy (non-hydrogen) atoms. The van der Waals surface area contributed by atoms with Gasteiger partial charge in [0.1, 0.15) is 0 Å². The topological polar surface area (TPSA) is 56.0 Å². The molecule has 0 fully saturated rings. The Kier molecular flexibility index (Phi) is 9.86. The van der Waals surface area contributed by atoms with Crippen LogP contribution in [0.5, 0.6) is 0 Å². The van der Waals surface area contributed by atoms with Crippen LogP contribution < -0.4 is 3.71 Å². The molecule has 0 atom stereocenters. The normalized spacial score (nSPS) is 11.7. The van der Waals surface area contributed by atoms with E-state index in [1.807, 2.05) is 13.0 Å². The number of aromatic nitrogens is 1. The molecule has 0 aliphatic heterocycles. The molecule has 136 valence electrons. The van der Waals surface area contributed by atoms with Crippen LogP contribution >= 0.6 is 0 Å². The van der Waals surface area contributed by atoms with Gasteiger partial charge in [-0.2, -0.15) is 0 Å². The van der Waals surface area contributed by atoms with Gasteiger partial charge in [-0.25, -0.2) is 0 Å². The molecular weight excluding hydrogens is 407 g/mol. The molecule has 1 aromatic rings. The second kappa shape index (κ2) is 11.1. The summed E-state index contributed by atoms with van der Waals surface area (Å²) in [5.74, 6) is 0. The minimum atomic E-state index is -2.57. The van der Waals surface area contributed by atoms with E-state index in [1.54, 1.807) is 6.07 Å². The van der Waals surface area contributed by atoms with Gasteiger partial charge in [0, 0.05) is 0 Å². The minimum absolute atomic E-state index is 0.197. The van der Waals surface area contributed by atoms with Crippen molar-refractivity contribution in [3.63, 3.8) is 0 Å². The van der Waals surface area contributed by atoms with Gasteiger partial charge in [-0.05, 0) is 0 Å². The fourth-order valence-electron chi connectivity index (χ4n) is 3.52. The van der Waals surface area contributed by atoms with Crippen LogP contribution in [0.2, 0.25) is 13.3 Å². The molecule has 0 saturated heterocycles. The first-order chi connectivity index (χ1) is 11.5. The first-order valence-corrected chi connectivity index (χ1v) is 17.2. The SMILES string of the molecule is CCC[CH2][Sn]([CH2]CCC)([CH2]CCC)[c]1ccc([N+](=O)[O-])c(CC)n1. The molecule has 0 radical (unpaired) electrons. The molecule has 5 heteroatoms. The summed E-state index contributed by atoms with van der Waals surface area (Å²) < 4.78 is 5.33. The van der Waals surface area contributed by atoms with E-state index in [1.165, 1.54) is 55.5 Å². The van der Waals surface area contributed by atoms with Crippen molar-refractivity contribution < 1.29 is 4.92 Å². The number of hydrogen-bond donors (Lipinski definition) is 0. The van der Waals surface area contributed by atoms with Crippen molar-refractivity contribution in [1.29, 1.82) is 0 Å². The third-order valence-electron chi connectivity index (χ3n) is 5.05. The number of nitro groups is 1. The van der Waals surface area contributed by atoms with Crippen molar-refractivity contribution in [2.45, 2.75) is 86.0 Å². The summed E-state index contributed by atoms with van der Waals surface area (Å²) in [7, 11) is 0. The van der Waals surface area contributed by atoms with Crippen molar-refractivity contribution in [2.75, 3.05) is 0 Å². The first-order valence-electron chi connectivity index (χ1n) is 9.69. The van der Waals surface area contributed by atoms with Gasteiger partial charge in [0.25, 0.3) is 0 Å². The fraction of sp³-hybridized carbons (Fsp3) is 0.737. The molecule has 0 N–H and O–H groups in total. The predicted octanol–water partition coefficient (Wildman–Crippen LogP) is 5.61. The van der Waals surface area contributed by atoms with Crippen molar-refractivity contribution >= 4 is 27.8 Å². The van der Waals surface area contributed by atoms with Crippen LogP contribution in [0, 0.1) is 10.1 Å². The van der Waals surface area contributed by atoms with Gasteiger partial charge in [0.2, 0.25) is 0 Å². The van der Waals surface area contributed by atoms with Crippen LogP contribution in [-0.4, -0.2) is 28.3 Å². The van der Waals surface area contributed by atoms with Crippen LogP contribution in [0.4, 0.5) is 5.69 Å². The molecule has 1 rings (SSSR count). The monoisotopic (exact) mass is 442 g/mol. The van der Waals surface area contributed by atoms with E-state index in [2.05, 4.69) is 20.8 Å². The van der Waals surface area contributed by atoms with E-state index in [9.17, 15) is 10.1 Å². The first kappa shape index (κ1) is 21.4. The van der Waals surface area contributed by atoms with Crippen LogP contribution in [0.3, 0.4) is 0 Å². The third kappa shape index (κ3) is 5.71. The zero-order valence-corrected chi connectivity index (χ0v) is 18.8. The number of unbranched alkanes of at least 4 members (excludes halogenated alkanes) is 3. The van der Waals surface area contributed by atoms with Crippen LogP contribution in [-0.2, 0) is 6.42 Å². The number of pyridine rings is 1. The summed E-state index contributed by atoms with van der Waals surface area (Å²) in [6, 6.07) is 3.75. The number of aryl methyl sites for hydroxylation is 1. The van der Waals surface area contributed by atoms with E-state index in [-0.39, 0.29) is 10.6 Å². The molecule has 4 nitrogen and oxygen atoms in total. The van der Waals surface area contributed by atoms with Gasteiger partial charge < -0.3 is 0 Å². The van der Waals surface area contributed by atoms with E-state index in [0.29, 0.717) is 12.1 Å². The van der Waals surface area contributed by atoms with E-state index in [0.717, 1.165) is 0 Å². The Balaban J connectivity index is 3.30. The standard InChI is InChI=1S/C7H7N2O2.3C4H9.Sn/c1-2-6-7(9(10)11)4-3-5-8-6;3*1-3-4-2;/h3-4H,2H2,1H3;3*1,3-4H2,2H3;. The molecule has 0 saturated carbocycles. The van der Waals surface area contributed by atoms with Gasteiger partial charge in [-0.3, -0.25) is 0 Å². The number of hydrogen-bond acceptors (Lipinski definition) is 3. The molecule has 0 bridgehead atoms.